The van der Waals surface area contributed by atoms with E-state index in [1.165, 1.54) is 0 Å². The Hall–Kier alpha value is -1.03. The van der Waals surface area contributed by atoms with Gasteiger partial charge in [-0.2, -0.15) is 0 Å². The molecule has 0 spiro atoms. The highest BCUT2D eigenvalue weighted by molar-refractivity contribution is 9.09. The van der Waals surface area contributed by atoms with E-state index in [1.807, 2.05) is 31.2 Å². The molecule has 1 aromatic carbocycles. The molecule has 88 valence electrons. The predicted molar refractivity (Wildman–Crippen MR) is 69.2 cm³/mol. The highest BCUT2D eigenvalue weighted by atomic mass is 79.9. The summed E-state index contributed by atoms with van der Waals surface area (Å²) in [5.41, 5.74) is 0.799. The average molecular weight is 286 g/mol. The van der Waals surface area contributed by atoms with E-state index in [9.17, 15) is 4.79 Å². The Bertz CT molecular complexity index is 337. The molecule has 0 aliphatic rings. The normalized spacial score (nSPS) is 11.9. The van der Waals surface area contributed by atoms with Crippen LogP contribution in [0.5, 0.6) is 5.75 Å². The smallest absolute Gasteiger partial charge is 0.224 e. The molecule has 0 heterocycles. The third-order valence-electron chi connectivity index (χ3n) is 2.17. The summed E-state index contributed by atoms with van der Waals surface area (Å²) in [6.45, 7) is 2.03. The number of hydrogen-bond donors (Lipinski definition) is 1. The van der Waals surface area contributed by atoms with Gasteiger partial charge < -0.3 is 10.1 Å². The number of hydrogen-bond acceptors (Lipinski definition) is 2. The summed E-state index contributed by atoms with van der Waals surface area (Å²) in [5.74, 6) is 1.17. The Balaban J connectivity index is 2.49. The number of carbonyl (C=O) groups is 1. The van der Waals surface area contributed by atoms with Crippen LogP contribution in [0.4, 0.5) is 5.69 Å². The molecule has 1 amide bonds. The summed E-state index contributed by atoms with van der Waals surface area (Å²) in [6, 6.07) is 7.30. The number of benzene rings is 1. The SMILES string of the molecule is COc1ccc(NC(=O)C[C@@H](C)CBr)cc1. The second-order valence-corrected chi connectivity index (χ2v) is 4.39. The van der Waals surface area contributed by atoms with Gasteiger partial charge in [0, 0.05) is 17.4 Å². The number of amides is 1. The molecule has 16 heavy (non-hydrogen) atoms. The monoisotopic (exact) mass is 285 g/mol. The maximum atomic E-state index is 11.6. The summed E-state index contributed by atoms with van der Waals surface area (Å²) < 4.78 is 5.04. The average Bonchev–Trinajstić information content (AvgIpc) is 2.29. The summed E-state index contributed by atoms with van der Waals surface area (Å²) in [6.07, 6.45) is 0.525. The summed E-state index contributed by atoms with van der Waals surface area (Å²) >= 11 is 3.35. The van der Waals surface area contributed by atoms with Crippen LogP contribution in [0.25, 0.3) is 0 Å². The van der Waals surface area contributed by atoms with Crippen molar-refractivity contribution < 1.29 is 9.53 Å². The Labute approximate surface area is 104 Å². The van der Waals surface area contributed by atoms with E-state index in [-0.39, 0.29) is 5.91 Å². The van der Waals surface area contributed by atoms with Crippen LogP contribution in [-0.4, -0.2) is 18.3 Å². The van der Waals surface area contributed by atoms with Gasteiger partial charge in [0.2, 0.25) is 5.91 Å². The quantitative estimate of drug-likeness (QED) is 0.845. The van der Waals surface area contributed by atoms with Crippen LogP contribution in [-0.2, 0) is 4.79 Å². The summed E-state index contributed by atoms with van der Waals surface area (Å²) in [5, 5.41) is 3.68. The fourth-order valence-corrected chi connectivity index (χ4v) is 1.49. The van der Waals surface area contributed by atoms with Gasteiger partial charge in [-0.3, -0.25) is 4.79 Å². The van der Waals surface area contributed by atoms with Crippen LogP contribution >= 0.6 is 15.9 Å². The van der Waals surface area contributed by atoms with Gasteiger partial charge in [0.05, 0.1) is 7.11 Å². The fourth-order valence-electron chi connectivity index (χ4n) is 1.26. The first-order valence-electron chi connectivity index (χ1n) is 5.15. The Morgan fingerprint density at radius 3 is 2.56 bits per heavy atom. The lowest BCUT2D eigenvalue weighted by Crippen LogP contribution is -2.15. The molecule has 0 aliphatic carbocycles. The first-order valence-corrected chi connectivity index (χ1v) is 6.27. The molecule has 4 heteroatoms. The molecule has 0 radical (unpaired) electrons. The lowest BCUT2D eigenvalue weighted by Gasteiger charge is -2.09. The van der Waals surface area contributed by atoms with Crippen LogP contribution in [0, 0.1) is 5.92 Å². The number of methoxy groups -OCH3 is 1. The van der Waals surface area contributed by atoms with Crippen molar-refractivity contribution in [3.05, 3.63) is 24.3 Å². The fraction of sp³-hybridized carbons (Fsp3) is 0.417. The maximum absolute atomic E-state index is 11.6. The summed E-state index contributed by atoms with van der Waals surface area (Å²) in [4.78, 5) is 11.6. The van der Waals surface area contributed by atoms with Crippen LogP contribution in [0.15, 0.2) is 24.3 Å². The summed E-state index contributed by atoms with van der Waals surface area (Å²) in [7, 11) is 1.62. The highest BCUT2D eigenvalue weighted by Gasteiger charge is 2.07. The van der Waals surface area contributed by atoms with E-state index in [2.05, 4.69) is 21.2 Å². The second kappa shape index (κ2) is 6.53. The van der Waals surface area contributed by atoms with Crippen LogP contribution < -0.4 is 10.1 Å². The van der Waals surface area contributed by atoms with Crippen molar-refractivity contribution in [2.75, 3.05) is 17.8 Å². The van der Waals surface area contributed by atoms with Crippen molar-refractivity contribution >= 4 is 27.5 Å². The molecule has 0 fully saturated rings. The molecule has 0 bridgehead atoms. The van der Waals surface area contributed by atoms with Crippen molar-refractivity contribution in [1.29, 1.82) is 0 Å². The van der Waals surface area contributed by atoms with Gasteiger partial charge in [0.25, 0.3) is 0 Å². The number of ether oxygens (including phenoxy) is 1. The Morgan fingerprint density at radius 1 is 1.44 bits per heavy atom. The third-order valence-corrected chi connectivity index (χ3v) is 3.28. The van der Waals surface area contributed by atoms with E-state index >= 15 is 0 Å². The van der Waals surface area contributed by atoms with Crippen molar-refractivity contribution in [3.63, 3.8) is 0 Å². The van der Waals surface area contributed by atoms with Crippen LogP contribution in [0.1, 0.15) is 13.3 Å². The number of nitrogens with one attached hydrogen (secondary N) is 1. The van der Waals surface area contributed by atoms with Crippen molar-refractivity contribution in [1.82, 2.24) is 0 Å². The molecule has 0 saturated heterocycles. The van der Waals surface area contributed by atoms with Gasteiger partial charge in [-0.25, -0.2) is 0 Å². The molecular weight excluding hydrogens is 270 g/mol. The first-order chi connectivity index (χ1) is 7.65. The minimum absolute atomic E-state index is 0.0390. The highest BCUT2D eigenvalue weighted by Crippen LogP contribution is 2.16. The number of anilines is 1. The molecule has 0 aliphatic heterocycles. The van der Waals surface area contributed by atoms with Gasteiger partial charge >= 0.3 is 0 Å². The van der Waals surface area contributed by atoms with Gasteiger partial charge in [-0.1, -0.05) is 22.9 Å². The topological polar surface area (TPSA) is 38.3 Å². The van der Waals surface area contributed by atoms with E-state index in [0.29, 0.717) is 12.3 Å². The zero-order valence-corrected chi connectivity index (χ0v) is 11.1. The van der Waals surface area contributed by atoms with Crippen LogP contribution in [0.3, 0.4) is 0 Å². The number of rotatable bonds is 5. The number of carbonyl (C=O) groups excluding carboxylic acids is 1. The van der Waals surface area contributed by atoms with E-state index < -0.39 is 0 Å². The van der Waals surface area contributed by atoms with Gasteiger partial charge in [0.1, 0.15) is 5.75 Å². The van der Waals surface area contributed by atoms with E-state index in [1.54, 1.807) is 7.11 Å². The lowest BCUT2D eigenvalue weighted by atomic mass is 10.1. The zero-order valence-electron chi connectivity index (χ0n) is 9.50. The standard InChI is InChI=1S/C12H16BrNO2/c1-9(8-13)7-12(15)14-10-3-5-11(16-2)6-4-10/h3-6,9H,7-8H2,1-2H3,(H,14,15)/t9-/m1/s1. The molecule has 1 rings (SSSR count). The number of alkyl halides is 1. The van der Waals surface area contributed by atoms with Crippen molar-refractivity contribution in [3.8, 4) is 5.75 Å². The maximum Gasteiger partial charge on any atom is 0.224 e. The Kier molecular flexibility index (Phi) is 5.32. The lowest BCUT2D eigenvalue weighted by molar-refractivity contribution is -0.116. The molecule has 1 N–H and O–H groups in total. The van der Waals surface area contributed by atoms with Gasteiger partial charge in [0.15, 0.2) is 0 Å². The molecule has 3 nitrogen and oxygen atoms in total. The van der Waals surface area contributed by atoms with Crippen molar-refractivity contribution in [2.24, 2.45) is 5.92 Å². The molecule has 1 atom stereocenters. The van der Waals surface area contributed by atoms with E-state index in [4.69, 9.17) is 4.74 Å². The van der Waals surface area contributed by atoms with Gasteiger partial charge in [-0.05, 0) is 30.2 Å². The predicted octanol–water partition coefficient (Wildman–Crippen LogP) is 3.05. The van der Waals surface area contributed by atoms with Crippen LogP contribution in [0.2, 0.25) is 0 Å². The Morgan fingerprint density at radius 2 is 2.06 bits per heavy atom. The molecule has 0 aromatic heterocycles. The molecular formula is C12H16BrNO2. The molecule has 1 aromatic rings. The van der Waals surface area contributed by atoms with Gasteiger partial charge in [-0.15, -0.1) is 0 Å². The minimum Gasteiger partial charge on any atom is -0.497 e. The second-order valence-electron chi connectivity index (χ2n) is 3.74. The van der Waals surface area contributed by atoms with E-state index in [0.717, 1.165) is 16.8 Å². The molecule has 0 unspecified atom stereocenters. The minimum atomic E-state index is 0.0390. The molecule has 0 saturated carbocycles. The largest absolute Gasteiger partial charge is 0.497 e. The first kappa shape index (κ1) is 13.0. The zero-order chi connectivity index (χ0) is 12.0. The van der Waals surface area contributed by atoms with Crippen molar-refractivity contribution in [2.45, 2.75) is 13.3 Å². The number of halogens is 1. The third kappa shape index (κ3) is 4.23.